The van der Waals surface area contributed by atoms with E-state index in [1.165, 1.54) is 11.3 Å². The van der Waals surface area contributed by atoms with Crippen molar-refractivity contribution in [2.24, 2.45) is 0 Å². The van der Waals surface area contributed by atoms with E-state index in [1.54, 1.807) is 11.3 Å². The molecule has 1 heterocycles. The lowest BCUT2D eigenvalue weighted by atomic mass is 9.90. The summed E-state index contributed by atoms with van der Waals surface area (Å²) >= 11 is 1.58. The fourth-order valence-electron chi connectivity index (χ4n) is 3.92. The Labute approximate surface area is 169 Å². The molecular weight excluding hydrogens is 364 g/mol. The monoisotopic (exact) mass is 386 g/mol. The number of fused-ring (bicyclic) bond motifs is 1. The van der Waals surface area contributed by atoms with Crippen molar-refractivity contribution in [3.05, 3.63) is 87.8 Å². The molecule has 1 aliphatic rings. The summed E-state index contributed by atoms with van der Waals surface area (Å²) in [5.41, 5.74) is 3.71. The molecule has 0 saturated heterocycles. The standard InChI is InChI=1S/C24H22N2OS/c25-16-20-19-14-8-3-9-15-21(19)28-24(20)26-23(27)22(17-10-4-1-5-11-17)18-12-6-2-7-13-18/h1-2,4-7,10-13,22H,3,8-9,14-15H2,(H,26,27). The number of nitriles is 1. The minimum Gasteiger partial charge on any atom is -0.316 e. The van der Waals surface area contributed by atoms with Crippen LogP contribution in [0.5, 0.6) is 0 Å². The Morgan fingerprint density at radius 1 is 0.929 bits per heavy atom. The van der Waals surface area contributed by atoms with E-state index >= 15 is 0 Å². The summed E-state index contributed by atoms with van der Waals surface area (Å²) < 4.78 is 0. The smallest absolute Gasteiger partial charge is 0.237 e. The predicted octanol–water partition coefficient (Wildman–Crippen LogP) is 5.66. The molecule has 0 aliphatic heterocycles. The second-order valence-electron chi connectivity index (χ2n) is 7.12. The first kappa shape index (κ1) is 18.5. The third kappa shape index (κ3) is 3.72. The summed E-state index contributed by atoms with van der Waals surface area (Å²) in [4.78, 5) is 14.6. The van der Waals surface area contributed by atoms with Crippen molar-refractivity contribution in [3.63, 3.8) is 0 Å². The second kappa shape index (κ2) is 8.41. The minimum atomic E-state index is -0.407. The van der Waals surface area contributed by atoms with Crippen LogP contribution in [-0.2, 0) is 17.6 Å². The van der Waals surface area contributed by atoms with Crippen LogP contribution in [0.1, 0.15) is 52.3 Å². The molecule has 140 valence electrons. The van der Waals surface area contributed by atoms with Crippen LogP contribution in [0, 0.1) is 11.3 Å². The summed E-state index contributed by atoms with van der Waals surface area (Å²) in [5, 5.41) is 13.5. The average Bonchev–Trinajstić information content (AvgIpc) is 2.89. The molecular formula is C24H22N2OS. The topological polar surface area (TPSA) is 52.9 Å². The minimum absolute atomic E-state index is 0.0923. The third-order valence-corrected chi connectivity index (χ3v) is 6.51. The maximum Gasteiger partial charge on any atom is 0.237 e. The number of nitrogens with zero attached hydrogens (tertiary/aromatic N) is 1. The molecule has 1 amide bonds. The molecule has 1 N–H and O–H groups in total. The van der Waals surface area contributed by atoms with Gasteiger partial charge in [-0.1, -0.05) is 67.1 Å². The Kier molecular flexibility index (Phi) is 5.55. The zero-order valence-electron chi connectivity index (χ0n) is 15.7. The number of benzene rings is 2. The molecule has 4 heteroatoms. The van der Waals surface area contributed by atoms with Crippen LogP contribution in [0.3, 0.4) is 0 Å². The van der Waals surface area contributed by atoms with Crippen molar-refractivity contribution < 1.29 is 4.79 Å². The van der Waals surface area contributed by atoms with Crippen molar-refractivity contribution in [2.75, 3.05) is 5.32 Å². The number of nitrogens with one attached hydrogen (secondary N) is 1. The zero-order chi connectivity index (χ0) is 19.3. The molecule has 3 aromatic rings. The fraction of sp³-hybridized carbons (Fsp3) is 0.250. The second-order valence-corrected chi connectivity index (χ2v) is 8.23. The van der Waals surface area contributed by atoms with Gasteiger partial charge in [0.2, 0.25) is 5.91 Å². The van der Waals surface area contributed by atoms with Crippen LogP contribution in [0.4, 0.5) is 5.00 Å². The number of carbonyl (C=O) groups is 1. The molecule has 0 spiro atoms. The highest BCUT2D eigenvalue weighted by atomic mass is 32.1. The van der Waals surface area contributed by atoms with Crippen molar-refractivity contribution in [1.82, 2.24) is 0 Å². The van der Waals surface area contributed by atoms with E-state index < -0.39 is 5.92 Å². The van der Waals surface area contributed by atoms with E-state index in [1.807, 2.05) is 60.7 Å². The summed E-state index contributed by atoms with van der Waals surface area (Å²) in [5.74, 6) is -0.499. The highest BCUT2D eigenvalue weighted by Gasteiger charge is 2.26. The van der Waals surface area contributed by atoms with Crippen LogP contribution < -0.4 is 5.32 Å². The quantitative estimate of drug-likeness (QED) is 0.588. The Hall–Kier alpha value is -2.90. The summed E-state index contributed by atoms with van der Waals surface area (Å²) in [7, 11) is 0. The van der Waals surface area contributed by atoms with Gasteiger partial charge in [0, 0.05) is 4.88 Å². The van der Waals surface area contributed by atoms with Gasteiger partial charge in [0.1, 0.15) is 11.1 Å². The number of amides is 1. The van der Waals surface area contributed by atoms with Crippen LogP contribution in [0.25, 0.3) is 0 Å². The van der Waals surface area contributed by atoms with Gasteiger partial charge >= 0.3 is 0 Å². The maximum absolute atomic E-state index is 13.3. The molecule has 0 radical (unpaired) electrons. The predicted molar refractivity (Wildman–Crippen MR) is 114 cm³/mol. The first-order valence-corrected chi connectivity index (χ1v) is 10.5. The lowest BCUT2D eigenvalue weighted by Gasteiger charge is -2.17. The summed E-state index contributed by atoms with van der Waals surface area (Å²) in [6, 6.07) is 22.0. The third-order valence-electron chi connectivity index (χ3n) is 5.30. The number of anilines is 1. The van der Waals surface area contributed by atoms with E-state index in [0.717, 1.165) is 42.4 Å². The first-order chi connectivity index (χ1) is 13.8. The van der Waals surface area contributed by atoms with E-state index in [2.05, 4.69) is 11.4 Å². The number of rotatable bonds is 4. The van der Waals surface area contributed by atoms with Gasteiger partial charge < -0.3 is 5.32 Å². The van der Waals surface area contributed by atoms with Crippen molar-refractivity contribution in [2.45, 2.75) is 38.0 Å². The highest BCUT2D eigenvalue weighted by Crippen LogP contribution is 2.38. The number of hydrogen-bond acceptors (Lipinski definition) is 3. The largest absolute Gasteiger partial charge is 0.316 e. The zero-order valence-corrected chi connectivity index (χ0v) is 16.5. The van der Waals surface area contributed by atoms with Crippen LogP contribution in [-0.4, -0.2) is 5.91 Å². The first-order valence-electron chi connectivity index (χ1n) is 9.73. The molecule has 4 rings (SSSR count). The van der Waals surface area contributed by atoms with Crippen LogP contribution >= 0.6 is 11.3 Å². The molecule has 3 nitrogen and oxygen atoms in total. The van der Waals surface area contributed by atoms with Gasteiger partial charge in [-0.15, -0.1) is 11.3 Å². The lowest BCUT2D eigenvalue weighted by Crippen LogP contribution is -2.22. The van der Waals surface area contributed by atoms with Crippen LogP contribution in [0.2, 0.25) is 0 Å². The normalized spacial score (nSPS) is 13.4. The number of carbonyl (C=O) groups excluding carboxylic acids is 1. The Morgan fingerprint density at radius 3 is 2.14 bits per heavy atom. The van der Waals surface area contributed by atoms with Gasteiger partial charge in [0.15, 0.2) is 0 Å². The van der Waals surface area contributed by atoms with Gasteiger partial charge in [0.25, 0.3) is 0 Å². The van der Waals surface area contributed by atoms with Gasteiger partial charge in [-0.3, -0.25) is 4.79 Å². The molecule has 0 atom stereocenters. The van der Waals surface area contributed by atoms with Crippen molar-refractivity contribution in [3.8, 4) is 6.07 Å². The van der Waals surface area contributed by atoms with Gasteiger partial charge in [-0.25, -0.2) is 0 Å². The molecule has 0 fully saturated rings. The van der Waals surface area contributed by atoms with Gasteiger partial charge in [0.05, 0.1) is 11.5 Å². The fourth-order valence-corrected chi connectivity index (χ4v) is 5.16. The maximum atomic E-state index is 13.3. The Bertz CT molecular complexity index is 963. The van der Waals surface area contributed by atoms with Crippen LogP contribution in [0.15, 0.2) is 60.7 Å². The van der Waals surface area contributed by atoms with Crippen molar-refractivity contribution in [1.29, 1.82) is 5.26 Å². The number of thiophene rings is 1. The Balaban J connectivity index is 1.69. The van der Waals surface area contributed by atoms with E-state index in [0.29, 0.717) is 10.6 Å². The molecule has 0 saturated carbocycles. The molecule has 1 aromatic heterocycles. The molecule has 1 aliphatic carbocycles. The molecule has 0 bridgehead atoms. The number of aryl methyl sites for hydroxylation is 1. The van der Waals surface area contributed by atoms with Gasteiger partial charge in [-0.2, -0.15) is 5.26 Å². The van der Waals surface area contributed by atoms with E-state index in [4.69, 9.17) is 0 Å². The SMILES string of the molecule is N#Cc1c(NC(=O)C(c2ccccc2)c2ccccc2)sc2c1CCCCC2. The van der Waals surface area contributed by atoms with E-state index in [9.17, 15) is 10.1 Å². The molecule has 2 aromatic carbocycles. The summed E-state index contributed by atoms with van der Waals surface area (Å²) in [6.45, 7) is 0. The highest BCUT2D eigenvalue weighted by molar-refractivity contribution is 7.16. The average molecular weight is 387 g/mol. The molecule has 28 heavy (non-hydrogen) atoms. The molecule has 0 unspecified atom stereocenters. The van der Waals surface area contributed by atoms with Crippen molar-refractivity contribution >= 4 is 22.2 Å². The van der Waals surface area contributed by atoms with Gasteiger partial charge in [-0.05, 0) is 42.4 Å². The Morgan fingerprint density at radius 2 is 1.54 bits per heavy atom. The number of hydrogen-bond donors (Lipinski definition) is 1. The van der Waals surface area contributed by atoms with E-state index in [-0.39, 0.29) is 5.91 Å². The summed E-state index contributed by atoms with van der Waals surface area (Å²) in [6.07, 6.45) is 5.42. The lowest BCUT2D eigenvalue weighted by molar-refractivity contribution is -0.116.